The molecule has 1 aromatic rings. The number of nitrogens with zero attached hydrogens (tertiary/aromatic N) is 4. The highest BCUT2D eigenvalue weighted by atomic mass is 16.6. The van der Waals surface area contributed by atoms with Crippen molar-refractivity contribution < 1.29 is 14.6 Å². The van der Waals surface area contributed by atoms with Gasteiger partial charge in [-0.25, -0.2) is 4.79 Å². The van der Waals surface area contributed by atoms with Crippen molar-refractivity contribution in [1.29, 1.82) is 0 Å². The number of nitro groups is 2. The van der Waals surface area contributed by atoms with E-state index < -0.39 is 27.3 Å². The van der Waals surface area contributed by atoms with Crippen molar-refractivity contribution in [2.24, 2.45) is 9.98 Å². The molecule has 1 aromatic carbocycles. The number of benzene rings is 1. The van der Waals surface area contributed by atoms with Crippen LogP contribution in [0.3, 0.4) is 0 Å². The van der Waals surface area contributed by atoms with Gasteiger partial charge in [0.25, 0.3) is 0 Å². The van der Waals surface area contributed by atoms with Crippen molar-refractivity contribution in [1.82, 2.24) is 0 Å². The van der Waals surface area contributed by atoms with E-state index in [1.54, 1.807) is 0 Å². The molecule has 0 radical (unpaired) electrons. The highest BCUT2D eigenvalue weighted by molar-refractivity contribution is 5.77. The van der Waals surface area contributed by atoms with E-state index in [9.17, 15) is 25.0 Å². The second-order valence-electron chi connectivity index (χ2n) is 2.85. The summed E-state index contributed by atoms with van der Waals surface area (Å²) in [6, 6.07) is 0.897. The molecule has 0 saturated heterocycles. The molecule has 0 bridgehead atoms. The molecule has 0 N–H and O–H groups in total. The third-order valence-corrected chi connectivity index (χ3v) is 1.90. The predicted octanol–water partition coefficient (Wildman–Crippen LogP) is -0.124. The van der Waals surface area contributed by atoms with E-state index in [4.69, 9.17) is 0 Å². The third-order valence-electron chi connectivity index (χ3n) is 1.90. The Labute approximate surface area is 86.0 Å². The van der Waals surface area contributed by atoms with Crippen LogP contribution < -0.4 is 10.7 Å². The minimum absolute atomic E-state index is 0.0256. The maximum Gasteiger partial charge on any atom is 0.368 e. The van der Waals surface area contributed by atoms with Gasteiger partial charge in [0.2, 0.25) is 0 Å². The van der Waals surface area contributed by atoms with Crippen LogP contribution in [0.2, 0.25) is 0 Å². The molecule has 1 aliphatic heterocycles. The predicted molar refractivity (Wildman–Crippen MR) is 47.5 cm³/mol. The zero-order valence-corrected chi connectivity index (χ0v) is 7.48. The summed E-state index contributed by atoms with van der Waals surface area (Å²) in [4.78, 5) is 36.8. The molecule has 2 rings (SSSR count). The normalized spacial score (nSPS) is 12.6. The molecule has 0 spiro atoms. The number of nitro benzene ring substituents is 2. The van der Waals surface area contributed by atoms with Crippen LogP contribution in [0, 0.1) is 20.2 Å². The van der Waals surface area contributed by atoms with Gasteiger partial charge in [-0.05, 0) is 0 Å². The van der Waals surface area contributed by atoms with E-state index >= 15 is 0 Å². The van der Waals surface area contributed by atoms with Gasteiger partial charge in [-0.1, -0.05) is 0 Å². The van der Waals surface area contributed by atoms with E-state index in [-0.39, 0.29) is 10.7 Å². The van der Waals surface area contributed by atoms with Crippen LogP contribution in [0.1, 0.15) is 0 Å². The second-order valence-corrected chi connectivity index (χ2v) is 2.85. The molecule has 0 unspecified atom stereocenters. The number of rotatable bonds is 2. The smallest absolute Gasteiger partial charge is 0.258 e. The number of carbonyl (C=O) groups excluding carboxylic acids is 1. The van der Waals surface area contributed by atoms with Gasteiger partial charge in [-0.3, -0.25) is 20.2 Å². The molecule has 16 heavy (non-hydrogen) atoms. The monoisotopic (exact) mass is 222 g/mol. The Morgan fingerprint density at radius 2 is 1.31 bits per heavy atom. The molecule has 80 valence electrons. The van der Waals surface area contributed by atoms with Crippen LogP contribution in [0.5, 0.6) is 0 Å². The minimum atomic E-state index is -0.906. The summed E-state index contributed by atoms with van der Waals surface area (Å²) < 4.78 is 0. The lowest BCUT2D eigenvalue weighted by molar-refractivity contribution is -0.422. The molecule has 0 aliphatic carbocycles. The molecule has 9 nitrogen and oxygen atoms in total. The van der Waals surface area contributed by atoms with Gasteiger partial charge >= 0.3 is 17.4 Å². The Hall–Kier alpha value is -2.71. The maximum atomic E-state index is 10.8. The fraction of sp³-hybridized carbons (Fsp3) is 0. The van der Waals surface area contributed by atoms with Crippen LogP contribution in [-0.2, 0) is 0 Å². The maximum absolute atomic E-state index is 10.8. The SMILES string of the molecule is O=C1N=c2cc([N+](=O)[O-])c([N+](=O)[O-])cc2=N1. The number of hydrogen-bond acceptors (Lipinski definition) is 5. The first-order valence-electron chi connectivity index (χ1n) is 3.93. The van der Waals surface area contributed by atoms with Crippen molar-refractivity contribution in [2.45, 2.75) is 0 Å². The molecule has 0 atom stereocenters. The van der Waals surface area contributed by atoms with E-state index in [0.29, 0.717) is 0 Å². The summed E-state index contributed by atoms with van der Waals surface area (Å²) in [5.74, 6) is 0. The Bertz CT molecular complexity index is 594. The van der Waals surface area contributed by atoms with Gasteiger partial charge in [-0.15, -0.1) is 0 Å². The average molecular weight is 222 g/mol. The highest BCUT2D eigenvalue weighted by Crippen LogP contribution is 2.22. The van der Waals surface area contributed by atoms with Crippen LogP contribution in [0.25, 0.3) is 0 Å². The summed E-state index contributed by atoms with van der Waals surface area (Å²) in [6.45, 7) is 0. The number of amides is 2. The van der Waals surface area contributed by atoms with Crippen LogP contribution >= 0.6 is 0 Å². The van der Waals surface area contributed by atoms with Gasteiger partial charge in [0.05, 0.1) is 22.0 Å². The lowest BCUT2D eigenvalue weighted by Crippen LogP contribution is -2.22. The topological polar surface area (TPSA) is 128 Å². The second kappa shape index (κ2) is 3.15. The summed E-state index contributed by atoms with van der Waals surface area (Å²) >= 11 is 0. The Morgan fingerprint density at radius 1 is 0.938 bits per heavy atom. The zero-order chi connectivity index (χ0) is 11.9. The molecule has 2 amide bonds. The van der Waals surface area contributed by atoms with Gasteiger partial charge < -0.3 is 0 Å². The van der Waals surface area contributed by atoms with Crippen LogP contribution in [0.4, 0.5) is 16.2 Å². The number of urea groups is 1. The quantitative estimate of drug-likeness (QED) is 0.508. The fourth-order valence-electron chi connectivity index (χ4n) is 1.26. The van der Waals surface area contributed by atoms with E-state index in [1.165, 1.54) is 0 Å². The standard InChI is InChI=1S/C7H2N4O5/c12-7-8-3-1-5(10(13)14)6(11(15)16)2-4(3)9-7/h1-2H. The fourth-order valence-corrected chi connectivity index (χ4v) is 1.26. The first kappa shape index (κ1) is 9.83. The van der Waals surface area contributed by atoms with Gasteiger partial charge in [0.15, 0.2) is 0 Å². The van der Waals surface area contributed by atoms with Crippen LogP contribution in [0.15, 0.2) is 22.1 Å². The molecule has 0 saturated carbocycles. The molecular weight excluding hydrogens is 220 g/mol. The highest BCUT2D eigenvalue weighted by Gasteiger charge is 2.26. The van der Waals surface area contributed by atoms with Gasteiger partial charge in [0, 0.05) is 0 Å². The van der Waals surface area contributed by atoms with E-state index in [1.807, 2.05) is 0 Å². The van der Waals surface area contributed by atoms with E-state index in [2.05, 4.69) is 9.98 Å². The molecular formula is C7H2N4O5. The van der Waals surface area contributed by atoms with Crippen molar-refractivity contribution >= 4 is 17.4 Å². The lowest BCUT2D eigenvalue weighted by atomic mass is 10.2. The van der Waals surface area contributed by atoms with Crippen molar-refractivity contribution in [3.63, 3.8) is 0 Å². The number of fused-ring (bicyclic) bond motifs is 1. The summed E-state index contributed by atoms with van der Waals surface area (Å²) in [5, 5.41) is 21.1. The third kappa shape index (κ3) is 1.39. The van der Waals surface area contributed by atoms with E-state index in [0.717, 1.165) is 12.1 Å². The molecule has 9 heteroatoms. The number of hydrogen-bond donors (Lipinski definition) is 0. The summed E-state index contributed by atoms with van der Waals surface area (Å²) in [7, 11) is 0. The minimum Gasteiger partial charge on any atom is -0.258 e. The molecule has 0 aromatic heterocycles. The first-order valence-corrected chi connectivity index (χ1v) is 3.93. The average Bonchev–Trinajstić information content (AvgIpc) is 2.54. The van der Waals surface area contributed by atoms with Gasteiger partial charge in [-0.2, -0.15) is 9.98 Å². The Balaban J connectivity index is 2.84. The largest absolute Gasteiger partial charge is 0.368 e. The molecule has 1 heterocycles. The van der Waals surface area contributed by atoms with Crippen LogP contribution in [-0.4, -0.2) is 15.9 Å². The van der Waals surface area contributed by atoms with Crippen molar-refractivity contribution in [2.75, 3.05) is 0 Å². The van der Waals surface area contributed by atoms with Crippen molar-refractivity contribution in [3.05, 3.63) is 43.1 Å². The molecule has 0 fully saturated rings. The molecule has 1 aliphatic rings. The lowest BCUT2D eigenvalue weighted by Gasteiger charge is -1.92. The number of carbonyl (C=O) groups is 1. The Kier molecular flexibility index (Phi) is 1.94. The Morgan fingerprint density at radius 3 is 1.62 bits per heavy atom. The van der Waals surface area contributed by atoms with Crippen molar-refractivity contribution in [3.8, 4) is 0 Å². The summed E-state index contributed by atoms with van der Waals surface area (Å²) in [6.07, 6.45) is 0. The van der Waals surface area contributed by atoms with Gasteiger partial charge in [0.1, 0.15) is 10.7 Å². The zero-order valence-electron chi connectivity index (χ0n) is 7.48. The summed E-state index contributed by atoms with van der Waals surface area (Å²) in [5.41, 5.74) is -1.42. The first-order chi connectivity index (χ1) is 7.49.